The third-order valence-corrected chi connectivity index (χ3v) is 2.98. The molecule has 3 heteroatoms. The predicted octanol–water partition coefficient (Wildman–Crippen LogP) is 2.39. The highest BCUT2D eigenvalue weighted by molar-refractivity contribution is 4.94. The Morgan fingerprint density at radius 1 is 1.27 bits per heavy atom. The van der Waals surface area contributed by atoms with E-state index in [9.17, 15) is 0 Å². The normalized spacial score (nSPS) is 13.1. The van der Waals surface area contributed by atoms with Crippen molar-refractivity contribution in [3.63, 3.8) is 0 Å². The zero-order valence-electron chi connectivity index (χ0n) is 9.90. The van der Waals surface area contributed by atoms with Gasteiger partial charge in [-0.05, 0) is 12.8 Å². The fourth-order valence-electron chi connectivity index (χ4n) is 1.85. The molecule has 0 bridgehead atoms. The van der Waals surface area contributed by atoms with Crippen molar-refractivity contribution in [2.75, 3.05) is 0 Å². The maximum absolute atomic E-state index is 4.24. The van der Waals surface area contributed by atoms with E-state index in [0.717, 1.165) is 18.2 Å². The zero-order valence-corrected chi connectivity index (χ0v) is 9.90. The van der Waals surface area contributed by atoms with Crippen molar-refractivity contribution in [3.8, 4) is 0 Å². The number of hydrogen-bond acceptors (Lipinski definition) is 3. The van der Waals surface area contributed by atoms with Crippen molar-refractivity contribution in [1.82, 2.24) is 15.3 Å². The first-order chi connectivity index (χ1) is 7.27. The Balaban J connectivity index is 2.36. The molecule has 1 unspecified atom stereocenters. The minimum Gasteiger partial charge on any atom is -0.308 e. The summed E-state index contributed by atoms with van der Waals surface area (Å²) in [5.74, 6) is 0.752. The highest BCUT2D eigenvalue weighted by atomic mass is 14.9. The Kier molecular flexibility index (Phi) is 5.26. The van der Waals surface area contributed by atoms with Crippen LogP contribution in [0.15, 0.2) is 18.6 Å². The van der Waals surface area contributed by atoms with Crippen molar-refractivity contribution in [1.29, 1.82) is 0 Å². The number of nitrogens with one attached hydrogen (secondary N) is 1. The molecule has 0 amide bonds. The van der Waals surface area contributed by atoms with Gasteiger partial charge in [0, 0.05) is 31.2 Å². The van der Waals surface area contributed by atoms with E-state index >= 15 is 0 Å². The SMILES string of the molecule is CCC(CC)C(C)NCc1cnccn1. The smallest absolute Gasteiger partial charge is 0.0724 e. The average Bonchev–Trinajstić information content (AvgIpc) is 2.29. The fraction of sp³-hybridized carbons (Fsp3) is 0.667. The molecule has 0 saturated heterocycles. The summed E-state index contributed by atoms with van der Waals surface area (Å²) in [6.07, 6.45) is 7.70. The maximum atomic E-state index is 4.24. The van der Waals surface area contributed by atoms with E-state index in [1.54, 1.807) is 12.4 Å². The molecule has 3 nitrogen and oxygen atoms in total. The van der Waals surface area contributed by atoms with Gasteiger partial charge in [0.15, 0.2) is 0 Å². The van der Waals surface area contributed by atoms with Crippen LogP contribution < -0.4 is 5.32 Å². The van der Waals surface area contributed by atoms with Crippen molar-refractivity contribution >= 4 is 0 Å². The molecule has 0 aliphatic carbocycles. The van der Waals surface area contributed by atoms with Gasteiger partial charge in [-0.25, -0.2) is 0 Å². The molecular weight excluding hydrogens is 186 g/mol. The van der Waals surface area contributed by atoms with Crippen molar-refractivity contribution in [3.05, 3.63) is 24.3 Å². The van der Waals surface area contributed by atoms with Gasteiger partial charge >= 0.3 is 0 Å². The molecule has 1 aromatic heterocycles. The lowest BCUT2D eigenvalue weighted by Gasteiger charge is -2.22. The molecule has 0 aromatic carbocycles. The van der Waals surface area contributed by atoms with Gasteiger partial charge in [0.1, 0.15) is 0 Å². The largest absolute Gasteiger partial charge is 0.308 e. The first-order valence-electron chi connectivity index (χ1n) is 5.76. The summed E-state index contributed by atoms with van der Waals surface area (Å²) in [6, 6.07) is 0.544. The standard InChI is InChI=1S/C12H21N3/c1-4-11(5-2)10(3)15-9-12-8-13-6-7-14-12/h6-8,10-11,15H,4-5,9H2,1-3H3. The Bertz CT molecular complexity index is 257. The minimum absolute atomic E-state index is 0.544. The Morgan fingerprint density at radius 3 is 2.53 bits per heavy atom. The van der Waals surface area contributed by atoms with Gasteiger partial charge in [-0.1, -0.05) is 26.7 Å². The summed E-state index contributed by atoms with van der Waals surface area (Å²) in [5.41, 5.74) is 1.01. The van der Waals surface area contributed by atoms with Gasteiger partial charge in [0.2, 0.25) is 0 Å². The Morgan fingerprint density at radius 2 is 2.00 bits per heavy atom. The highest BCUT2D eigenvalue weighted by Gasteiger charge is 2.12. The topological polar surface area (TPSA) is 37.8 Å². The molecule has 0 saturated carbocycles. The van der Waals surface area contributed by atoms with Crippen LogP contribution >= 0.6 is 0 Å². The van der Waals surface area contributed by atoms with Crippen LogP contribution in [0.5, 0.6) is 0 Å². The number of rotatable bonds is 6. The molecule has 0 radical (unpaired) electrons. The van der Waals surface area contributed by atoms with E-state index in [1.165, 1.54) is 12.8 Å². The van der Waals surface area contributed by atoms with Gasteiger partial charge in [-0.2, -0.15) is 0 Å². The first kappa shape index (κ1) is 12.1. The van der Waals surface area contributed by atoms with Crippen LogP contribution in [-0.4, -0.2) is 16.0 Å². The van der Waals surface area contributed by atoms with E-state index in [2.05, 4.69) is 36.1 Å². The van der Waals surface area contributed by atoms with E-state index in [0.29, 0.717) is 6.04 Å². The van der Waals surface area contributed by atoms with E-state index in [-0.39, 0.29) is 0 Å². The van der Waals surface area contributed by atoms with E-state index in [1.807, 2.05) is 6.20 Å². The van der Waals surface area contributed by atoms with Gasteiger partial charge in [0.05, 0.1) is 5.69 Å². The summed E-state index contributed by atoms with van der Waals surface area (Å²) >= 11 is 0. The molecular formula is C12H21N3. The second-order valence-corrected chi connectivity index (χ2v) is 3.94. The third kappa shape index (κ3) is 3.96. The van der Waals surface area contributed by atoms with E-state index in [4.69, 9.17) is 0 Å². The Hall–Kier alpha value is -0.960. The van der Waals surface area contributed by atoms with Crippen molar-refractivity contribution in [2.24, 2.45) is 5.92 Å². The molecule has 0 fully saturated rings. The summed E-state index contributed by atoms with van der Waals surface area (Å²) in [5, 5.41) is 3.50. The van der Waals surface area contributed by atoms with Crippen LogP contribution in [0.4, 0.5) is 0 Å². The second-order valence-electron chi connectivity index (χ2n) is 3.94. The van der Waals surface area contributed by atoms with Crippen LogP contribution in [0.25, 0.3) is 0 Å². The van der Waals surface area contributed by atoms with Crippen LogP contribution in [0.2, 0.25) is 0 Å². The lowest BCUT2D eigenvalue weighted by Crippen LogP contribution is -2.32. The lowest BCUT2D eigenvalue weighted by molar-refractivity contribution is 0.351. The molecule has 1 aromatic rings. The van der Waals surface area contributed by atoms with Crippen LogP contribution in [0.3, 0.4) is 0 Å². The number of nitrogens with zero attached hydrogens (tertiary/aromatic N) is 2. The van der Waals surface area contributed by atoms with Gasteiger partial charge in [0.25, 0.3) is 0 Å². The summed E-state index contributed by atoms with van der Waals surface area (Å²) in [4.78, 5) is 8.28. The molecule has 84 valence electrons. The minimum atomic E-state index is 0.544. The summed E-state index contributed by atoms with van der Waals surface area (Å²) < 4.78 is 0. The van der Waals surface area contributed by atoms with Crippen LogP contribution in [-0.2, 0) is 6.54 Å². The maximum Gasteiger partial charge on any atom is 0.0724 e. The molecule has 1 heterocycles. The lowest BCUT2D eigenvalue weighted by atomic mass is 9.95. The van der Waals surface area contributed by atoms with Gasteiger partial charge < -0.3 is 5.32 Å². The molecule has 0 aliphatic rings. The highest BCUT2D eigenvalue weighted by Crippen LogP contribution is 2.12. The molecule has 0 spiro atoms. The molecule has 1 N–H and O–H groups in total. The summed E-state index contributed by atoms with van der Waals surface area (Å²) in [6.45, 7) is 7.54. The molecule has 0 aliphatic heterocycles. The van der Waals surface area contributed by atoms with Gasteiger partial charge in [-0.15, -0.1) is 0 Å². The zero-order chi connectivity index (χ0) is 11.1. The average molecular weight is 207 g/mol. The second kappa shape index (κ2) is 6.51. The number of aromatic nitrogens is 2. The molecule has 1 rings (SSSR count). The number of hydrogen-bond donors (Lipinski definition) is 1. The summed E-state index contributed by atoms with van der Waals surface area (Å²) in [7, 11) is 0. The fourth-order valence-corrected chi connectivity index (χ4v) is 1.85. The predicted molar refractivity (Wildman–Crippen MR) is 62.4 cm³/mol. The van der Waals surface area contributed by atoms with Crippen LogP contribution in [0, 0.1) is 5.92 Å². The third-order valence-electron chi connectivity index (χ3n) is 2.98. The molecule has 15 heavy (non-hydrogen) atoms. The van der Waals surface area contributed by atoms with Gasteiger partial charge in [-0.3, -0.25) is 9.97 Å². The van der Waals surface area contributed by atoms with E-state index < -0.39 is 0 Å². The van der Waals surface area contributed by atoms with Crippen LogP contribution in [0.1, 0.15) is 39.3 Å². The van der Waals surface area contributed by atoms with Crippen molar-refractivity contribution in [2.45, 2.75) is 46.2 Å². The molecule has 1 atom stereocenters. The quantitative estimate of drug-likeness (QED) is 0.778. The first-order valence-corrected chi connectivity index (χ1v) is 5.76. The van der Waals surface area contributed by atoms with Crippen molar-refractivity contribution < 1.29 is 0 Å². The Labute approximate surface area is 92.3 Å². The monoisotopic (exact) mass is 207 g/mol.